The van der Waals surface area contributed by atoms with E-state index in [1.807, 2.05) is 30.3 Å². The molecule has 8 heterocycles. The van der Waals surface area contributed by atoms with Crippen molar-refractivity contribution in [2.24, 2.45) is 0 Å². The molecule has 1 aromatic carbocycles. The van der Waals surface area contributed by atoms with Gasteiger partial charge in [-0.15, -0.1) is 0 Å². The van der Waals surface area contributed by atoms with Gasteiger partial charge in [0.2, 0.25) is 5.91 Å². The summed E-state index contributed by atoms with van der Waals surface area (Å²) in [7, 11) is 5.80. The van der Waals surface area contributed by atoms with E-state index in [1.165, 1.54) is 17.2 Å². The van der Waals surface area contributed by atoms with Crippen LogP contribution in [0.3, 0.4) is 0 Å². The lowest BCUT2D eigenvalue weighted by atomic mass is 9.92. The molecule has 0 saturated carbocycles. The number of hydrogen-bond acceptors (Lipinski definition) is 16. The number of ether oxygens (including phenoxy) is 7. The van der Waals surface area contributed by atoms with Crippen LogP contribution in [0.2, 0.25) is 0 Å². The van der Waals surface area contributed by atoms with Crippen LogP contribution >= 0.6 is 0 Å². The van der Waals surface area contributed by atoms with Gasteiger partial charge in [0, 0.05) is 31.2 Å². The van der Waals surface area contributed by atoms with E-state index in [2.05, 4.69) is 10.3 Å². The minimum absolute atomic E-state index is 0.0734. The SMILES string of the molecule is O=C1CCN([C@@H]2O[C@@]3(CO)COC2[C@H]3O)C(=O)N1.O=c1ccn([C@@H]2O[C@@]3(CO)COC2[C@H]3O)c(=O)[nH]1.[B][C@@H]1O[C@@]2(CO)COC1[C@H]2OCc1ccccc1. The van der Waals surface area contributed by atoms with Gasteiger partial charge >= 0.3 is 11.7 Å². The first-order valence-corrected chi connectivity index (χ1v) is 17.3. The van der Waals surface area contributed by atoms with Crippen molar-refractivity contribution in [2.45, 2.75) is 84.9 Å². The van der Waals surface area contributed by atoms with Crippen molar-refractivity contribution in [2.75, 3.05) is 46.2 Å². The maximum Gasteiger partial charge on any atom is 0.330 e. The third-order valence-electron chi connectivity index (χ3n) is 10.6. The molecule has 7 N–H and O–H groups in total. The number of carbonyl (C=O) groups is 2. The molecular formula is C33H41BN4O16. The van der Waals surface area contributed by atoms with Crippen molar-refractivity contribution < 1.29 is 68.3 Å². The minimum atomic E-state index is -1.19. The molecule has 21 heteroatoms. The Bertz CT molecular complexity index is 1800. The van der Waals surface area contributed by atoms with E-state index in [9.17, 15) is 44.7 Å². The molecule has 292 valence electrons. The lowest BCUT2D eigenvalue weighted by molar-refractivity contribution is -0.197. The number of H-pyrrole nitrogens is 1. The quantitative estimate of drug-likeness (QED) is 0.125. The lowest BCUT2D eigenvalue weighted by Gasteiger charge is -2.37. The molecule has 3 amide bonds. The number of aliphatic hydroxyl groups is 5. The van der Waals surface area contributed by atoms with Crippen LogP contribution in [0.15, 0.2) is 52.2 Å². The number of carbonyl (C=O) groups excluding carboxylic acids is 2. The fourth-order valence-electron chi connectivity index (χ4n) is 7.57. The topological polar surface area (TPSA) is 270 Å². The van der Waals surface area contributed by atoms with Gasteiger partial charge in [-0.1, -0.05) is 30.3 Å². The molecule has 20 nitrogen and oxygen atoms in total. The second-order valence-corrected chi connectivity index (χ2v) is 14.0. The van der Waals surface area contributed by atoms with Crippen LogP contribution in [0, 0.1) is 0 Å². The van der Waals surface area contributed by atoms with Crippen LogP contribution in [0.5, 0.6) is 0 Å². The third-order valence-corrected chi connectivity index (χ3v) is 10.6. The van der Waals surface area contributed by atoms with E-state index in [0.29, 0.717) is 13.2 Å². The van der Waals surface area contributed by atoms with E-state index < -0.39 is 83.6 Å². The van der Waals surface area contributed by atoms with Crippen LogP contribution in [0.1, 0.15) is 18.2 Å². The van der Waals surface area contributed by atoms with Crippen LogP contribution < -0.4 is 16.6 Å². The highest BCUT2D eigenvalue weighted by Crippen LogP contribution is 2.44. The summed E-state index contributed by atoms with van der Waals surface area (Å²) in [6.45, 7) is 0.254. The summed E-state index contributed by atoms with van der Waals surface area (Å²) in [6.07, 6.45) is -4.17. The number of nitrogens with one attached hydrogen (secondary N) is 2. The summed E-state index contributed by atoms with van der Waals surface area (Å²) in [5.74, 6) is -0.335. The van der Waals surface area contributed by atoms with Crippen molar-refractivity contribution in [1.82, 2.24) is 19.8 Å². The molecule has 7 fully saturated rings. The van der Waals surface area contributed by atoms with Gasteiger partial charge < -0.3 is 58.7 Å². The summed E-state index contributed by atoms with van der Waals surface area (Å²) in [4.78, 5) is 48.7. The van der Waals surface area contributed by atoms with E-state index in [1.54, 1.807) is 0 Å². The number of benzene rings is 1. The Morgan fingerprint density at radius 1 is 0.796 bits per heavy atom. The number of aromatic amines is 1. The maximum absolute atomic E-state index is 11.7. The number of fused-ring (bicyclic) bond motifs is 6. The number of amides is 3. The van der Waals surface area contributed by atoms with Crippen LogP contribution in [-0.2, 0) is 44.6 Å². The summed E-state index contributed by atoms with van der Waals surface area (Å²) >= 11 is 0. The second kappa shape index (κ2) is 15.2. The van der Waals surface area contributed by atoms with Crippen molar-refractivity contribution in [3.05, 3.63) is 69.0 Å². The van der Waals surface area contributed by atoms with E-state index in [-0.39, 0.29) is 57.5 Å². The van der Waals surface area contributed by atoms with E-state index in [4.69, 9.17) is 41.0 Å². The van der Waals surface area contributed by atoms with Gasteiger partial charge in [-0.3, -0.25) is 29.4 Å². The Hall–Kier alpha value is -3.58. The Balaban J connectivity index is 0.000000125. The number of urea groups is 1. The molecular weight excluding hydrogens is 719 g/mol. The number of imide groups is 1. The zero-order valence-corrected chi connectivity index (χ0v) is 28.8. The highest BCUT2D eigenvalue weighted by molar-refractivity contribution is 6.11. The first-order valence-electron chi connectivity index (χ1n) is 17.3. The average Bonchev–Trinajstić information content (AvgIpc) is 3.98. The number of aliphatic hydroxyl groups excluding tert-OH is 5. The van der Waals surface area contributed by atoms with Crippen LogP contribution in [0.4, 0.5) is 4.79 Å². The Kier molecular flexibility index (Phi) is 10.9. The Morgan fingerprint density at radius 3 is 1.96 bits per heavy atom. The summed E-state index contributed by atoms with van der Waals surface area (Å²) in [5.41, 5.74) is -3.23. The summed E-state index contributed by atoms with van der Waals surface area (Å²) in [6, 6.07) is 9.95. The molecule has 1 aromatic heterocycles. The molecule has 2 radical (unpaired) electrons. The molecule has 0 aliphatic carbocycles. The maximum atomic E-state index is 11.7. The molecule has 7 aliphatic rings. The van der Waals surface area contributed by atoms with Gasteiger partial charge in [-0.2, -0.15) is 0 Å². The monoisotopic (exact) mass is 760 g/mol. The number of hydrogen-bond donors (Lipinski definition) is 7. The molecule has 7 aliphatic heterocycles. The van der Waals surface area contributed by atoms with Crippen LogP contribution in [-0.4, -0.2) is 172 Å². The van der Waals surface area contributed by atoms with Crippen molar-refractivity contribution >= 4 is 19.8 Å². The smallest absolute Gasteiger partial charge is 0.330 e. The minimum Gasteiger partial charge on any atom is -0.393 e. The Morgan fingerprint density at radius 2 is 1.39 bits per heavy atom. The Labute approximate surface area is 307 Å². The number of nitrogens with zero attached hydrogens (tertiary/aromatic N) is 2. The normalized spacial score (nSPS) is 39.9. The molecule has 9 rings (SSSR count). The second-order valence-electron chi connectivity index (χ2n) is 14.0. The van der Waals surface area contributed by atoms with Crippen LogP contribution in [0.25, 0.3) is 0 Å². The first-order chi connectivity index (χ1) is 25.9. The third kappa shape index (κ3) is 6.71. The zero-order chi connectivity index (χ0) is 38.4. The number of rotatable bonds is 8. The molecule has 54 heavy (non-hydrogen) atoms. The highest BCUT2D eigenvalue weighted by atomic mass is 16.7. The van der Waals surface area contributed by atoms with E-state index >= 15 is 0 Å². The standard InChI is InChI=1S/C13H15BO4.C10H14N2O6.C10H12N2O6/c14-12-10-11(13(7-15,18-12)8-17-10)16-6-9-4-2-1-3-5-9;2*13-3-10-4-17-6(7(10)15)8(18-10)12-2-1-5(14)11-9(12)16/h1-5,10-12,15H,6-8H2;6-8,13,15H,1-4H2,(H,11,14,16);1-2,6-8,13,15H,3-4H2,(H,11,14,16)/t10?,11-,12-,13+;2*6?,7-,8-,10+/m111/s1. The summed E-state index contributed by atoms with van der Waals surface area (Å²) in [5, 5.41) is 50.2. The molecule has 12 atom stereocenters. The van der Waals surface area contributed by atoms with Gasteiger partial charge in [0.1, 0.15) is 61.3 Å². The summed E-state index contributed by atoms with van der Waals surface area (Å²) < 4.78 is 39.9. The van der Waals surface area contributed by atoms with Crippen molar-refractivity contribution in [1.29, 1.82) is 0 Å². The molecule has 6 bridgehead atoms. The molecule has 0 spiro atoms. The predicted molar refractivity (Wildman–Crippen MR) is 178 cm³/mol. The highest BCUT2D eigenvalue weighted by Gasteiger charge is 2.64. The van der Waals surface area contributed by atoms with Gasteiger partial charge in [-0.25, -0.2) is 9.59 Å². The largest absolute Gasteiger partial charge is 0.393 e. The van der Waals surface area contributed by atoms with Gasteiger partial charge in [0.25, 0.3) is 5.56 Å². The van der Waals surface area contributed by atoms with Gasteiger partial charge in [-0.05, 0) is 5.56 Å². The lowest BCUT2D eigenvalue weighted by Crippen LogP contribution is -2.58. The van der Waals surface area contributed by atoms with Gasteiger partial charge in [0.05, 0.1) is 46.2 Å². The number of aromatic nitrogens is 2. The molecule has 3 unspecified atom stereocenters. The average molecular weight is 761 g/mol. The van der Waals surface area contributed by atoms with Gasteiger partial charge in [0.15, 0.2) is 12.5 Å². The predicted octanol–water partition coefficient (Wildman–Crippen LogP) is -4.44. The fourth-order valence-corrected chi connectivity index (χ4v) is 7.57. The molecule has 2 aromatic rings. The first kappa shape index (κ1) is 38.7. The van der Waals surface area contributed by atoms with E-state index in [0.717, 1.165) is 10.1 Å². The fraction of sp³-hybridized carbons (Fsp3) is 0.636. The van der Waals surface area contributed by atoms with Crippen molar-refractivity contribution in [3.8, 4) is 0 Å². The van der Waals surface area contributed by atoms with Crippen molar-refractivity contribution in [3.63, 3.8) is 0 Å². The zero-order valence-electron chi connectivity index (χ0n) is 28.8. The molecule has 7 saturated heterocycles.